The van der Waals surface area contributed by atoms with Crippen LogP contribution in [0.15, 0.2) is 59.2 Å². The number of carbonyl (C=O) groups excluding carboxylic acids is 2. The van der Waals surface area contributed by atoms with Crippen LogP contribution in [-0.4, -0.2) is 43.0 Å². The number of furan rings is 1. The second kappa shape index (κ2) is 8.19. The first-order valence-corrected chi connectivity index (χ1v) is 8.33. The maximum Gasteiger partial charge on any atom is 0.317 e. The van der Waals surface area contributed by atoms with E-state index in [2.05, 4.69) is 28.8 Å². The molecular weight excluding hydrogens is 318 g/mol. The first-order valence-electron chi connectivity index (χ1n) is 8.33. The minimum absolute atomic E-state index is 0.115. The molecule has 0 bridgehead atoms. The highest BCUT2D eigenvalue weighted by Gasteiger charge is 2.17. The third kappa shape index (κ3) is 4.50. The van der Waals surface area contributed by atoms with E-state index in [0.717, 1.165) is 6.42 Å². The maximum absolute atomic E-state index is 12.2. The van der Waals surface area contributed by atoms with Crippen molar-refractivity contribution in [3.05, 3.63) is 66.1 Å². The number of hydrogen-bond donors (Lipinski definition) is 2. The Kier molecular flexibility index (Phi) is 5.51. The van der Waals surface area contributed by atoms with E-state index in [1.165, 1.54) is 17.4 Å². The summed E-state index contributed by atoms with van der Waals surface area (Å²) >= 11 is 0. The van der Waals surface area contributed by atoms with Crippen molar-refractivity contribution in [1.82, 2.24) is 15.5 Å². The van der Waals surface area contributed by atoms with Crippen LogP contribution in [0.2, 0.25) is 0 Å². The molecule has 1 aromatic heterocycles. The first kappa shape index (κ1) is 16.8. The molecule has 0 saturated heterocycles. The number of urea groups is 1. The minimum Gasteiger partial charge on any atom is -0.459 e. The van der Waals surface area contributed by atoms with E-state index in [4.69, 9.17) is 4.42 Å². The van der Waals surface area contributed by atoms with Crippen LogP contribution in [0, 0.1) is 0 Å². The lowest BCUT2D eigenvalue weighted by atomic mass is 10.00. The molecule has 1 aromatic carbocycles. The molecule has 2 heterocycles. The zero-order chi connectivity index (χ0) is 17.5. The lowest BCUT2D eigenvalue weighted by Gasteiger charge is -2.27. The molecule has 0 fully saturated rings. The molecular formula is C19H21N3O3. The highest BCUT2D eigenvalue weighted by atomic mass is 16.3. The van der Waals surface area contributed by atoms with E-state index >= 15 is 0 Å². The van der Waals surface area contributed by atoms with E-state index in [1.807, 2.05) is 18.2 Å². The Morgan fingerprint density at radius 1 is 1.04 bits per heavy atom. The molecule has 130 valence electrons. The molecule has 0 radical (unpaired) electrons. The first-order chi connectivity index (χ1) is 12.2. The van der Waals surface area contributed by atoms with E-state index < -0.39 is 0 Å². The largest absolute Gasteiger partial charge is 0.459 e. The molecule has 0 saturated carbocycles. The van der Waals surface area contributed by atoms with Crippen LogP contribution in [0.3, 0.4) is 0 Å². The van der Waals surface area contributed by atoms with Crippen molar-refractivity contribution >= 4 is 17.5 Å². The van der Waals surface area contributed by atoms with Crippen molar-refractivity contribution in [2.75, 3.05) is 26.2 Å². The van der Waals surface area contributed by atoms with Crippen molar-refractivity contribution in [2.45, 2.75) is 6.42 Å². The van der Waals surface area contributed by atoms with E-state index in [-0.39, 0.29) is 17.7 Å². The summed E-state index contributed by atoms with van der Waals surface area (Å²) in [6.07, 6.45) is 4.38. The van der Waals surface area contributed by atoms with Gasteiger partial charge in [0.25, 0.3) is 5.91 Å². The highest BCUT2D eigenvalue weighted by molar-refractivity contribution is 5.91. The second-order valence-corrected chi connectivity index (χ2v) is 5.76. The molecule has 6 heteroatoms. The fourth-order valence-electron chi connectivity index (χ4n) is 2.72. The van der Waals surface area contributed by atoms with Gasteiger partial charge in [-0.1, -0.05) is 36.4 Å². The van der Waals surface area contributed by atoms with Crippen LogP contribution in [-0.2, 0) is 0 Å². The van der Waals surface area contributed by atoms with Gasteiger partial charge in [0.05, 0.1) is 6.26 Å². The predicted octanol–water partition coefficient (Wildman–Crippen LogP) is 2.51. The Balaban J connectivity index is 1.39. The van der Waals surface area contributed by atoms with Crippen LogP contribution in [0.1, 0.15) is 22.5 Å². The third-order valence-corrected chi connectivity index (χ3v) is 4.07. The van der Waals surface area contributed by atoms with Crippen molar-refractivity contribution in [3.63, 3.8) is 0 Å². The number of benzene rings is 1. The number of rotatable bonds is 5. The topological polar surface area (TPSA) is 74.6 Å². The SMILES string of the molecule is O=C(NCCNC(=O)N1CC=C(c2ccccc2)CC1)c1ccco1. The Morgan fingerprint density at radius 3 is 2.52 bits per heavy atom. The number of nitrogens with zero attached hydrogens (tertiary/aromatic N) is 1. The summed E-state index contributed by atoms with van der Waals surface area (Å²) in [6.45, 7) is 2.00. The molecule has 0 aliphatic carbocycles. The molecule has 0 atom stereocenters. The van der Waals surface area contributed by atoms with Gasteiger partial charge >= 0.3 is 6.03 Å². The minimum atomic E-state index is -0.285. The highest BCUT2D eigenvalue weighted by Crippen LogP contribution is 2.21. The van der Waals surface area contributed by atoms with Gasteiger partial charge in [0.2, 0.25) is 0 Å². The van der Waals surface area contributed by atoms with Gasteiger partial charge < -0.3 is 20.0 Å². The Labute approximate surface area is 146 Å². The number of hydrogen-bond acceptors (Lipinski definition) is 3. The van der Waals surface area contributed by atoms with Gasteiger partial charge in [0, 0.05) is 26.2 Å². The van der Waals surface area contributed by atoms with Gasteiger partial charge in [-0.25, -0.2) is 4.79 Å². The van der Waals surface area contributed by atoms with Crippen LogP contribution in [0.25, 0.3) is 5.57 Å². The van der Waals surface area contributed by atoms with Crippen LogP contribution in [0.4, 0.5) is 4.79 Å². The number of nitrogens with one attached hydrogen (secondary N) is 2. The van der Waals surface area contributed by atoms with Crippen LogP contribution in [0.5, 0.6) is 0 Å². The van der Waals surface area contributed by atoms with E-state index in [0.29, 0.717) is 26.2 Å². The molecule has 2 N–H and O–H groups in total. The quantitative estimate of drug-likeness (QED) is 0.822. The molecule has 1 aliphatic rings. The molecule has 2 aromatic rings. The molecule has 0 spiro atoms. The fraction of sp³-hybridized carbons (Fsp3) is 0.263. The summed E-state index contributed by atoms with van der Waals surface area (Å²) in [7, 11) is 0. The fourth-order valence-corrected chi connectivity index (χ4v) is 2.72. The van der Waals surface area contributed by atoms with E-state index in [1.54, 1.807) is 17.0 Å². The molecule has 0 unspecified atom stereocenters. The smallest absolute Gasteiger partial charge is 0.317 e. The van der Waals surface area contributed by atoms with Crippen molar-refractivity contribution < 1.29 is 14.0 Å². The zero-order valence-electron chi connectivity index (χ0n) is 13.9. The standard InChI is InChI=1S/C19H21N3O3/c23-18(17-7-4-14-25-17)20-10-11-21-19(24)22-12-8-16(9-13-22)15-5-2-1-3-6-15/h1-8,14H,9-13H2,(H,20,23)(H,21,24). The van der Waals surface area contributed by atoms with Crippen molar-refractivity contribution in [1.29, 1.82) is 0 Å². The molecule has 3 amide bonds. The molecule has 1 aliphatic heterocycles. The molecule has 3 rings (SSSR count). The van der Waals surface area contributed by atoms with Gasteiger partial charge in [-0.3, -0.25) is 4.79 Å². The number of amides is 3. The summed E-state index contributed by atoms with van der Waals surface area (Å²) in [5.74, 6) is -0.0198. The predicted molar refractivity (Wildman–Crippen MR) is 95.0 cm³/mol. The lowest BCUT2D eigenvalue weighted by Crippen LogP contribution is -2.44. The normalized spacial score (nSPS) is 13.9. The monoisotopic (exact) mass is 339 g/mol. The third-order valence-electron chi connectivity index (χ3n) is 4.07. The summed E-state index contributed by atoms with van der Waals surface area (Å²) in [6, 6.07) is 13.3. The Bertz CT molecular complexity index is 739. The van der Waals surface area contributed by atoms with Crippen molar-refractivity contribution in [3.8, 4) is 0 Å². The number of carbonyl (C=O) groups is 2. The second-order valence-electron chi connectivity index (χ2n) is 5.76. The summed E-state index contributed by atoms with van der Waals surface area (Å²) in [5, 5.41) is 5.51. The van der Waals surface area contributed by atoms with Crippen LogP contribution < -0.4 is 10.6 Å². The average Bonchev–Trinajstić information content (AvgIpc) is 3.21. The summed E-state index contributed by atoms with van der Waals surface area (Å²) in [5.41, 5.74) is 2.48. The van der Waals surface area contributed by atoms with Gasteiger partial charge in [-0.2, -0.15) is 0 Å². The lowest BCUT2D eigenvalue weighted by molar-refractivity contribution is 0.0926. The average molecular weight is 339 g/mol. The summed E-state index contributed by atoms with van der Waals surface area (Å²) < 4.78 is 5.00. The maximum atomic E-state index is 12.2. The van der Waals surface area contributed by atoms with Crippen molar-refractivity contribution in [2.24, 2.45) is 0 Å². The van der Waals surface area contributed by atoms with Gasteiger partial charge in [-0.05, 0) is 29.7 Å². The van der Waals surface area contributed by atoms with Gasteiger partial charge in [0.1, 0.15) is 0 Å². The van der Waals surface area contributed by atoms with Crippen LogP contribution >= 0.6 is 0 Å². The van der Waals surface area contributed by atoms with E-state index in [9.17, 15) is 9.59 Å². The van der Waals surface area contributed by atoms with Gasteiger partial charge in [-0.15, -0.1) is 0 Å². The van der Waals surface area contributed by atoms with Gasteiger partial charge in [0.15, 0.2) is 5.76 Å². The molecule has 6 nitrogen and oxygen atoms in total. The Hall–Kier alpha value is -3.02. The summed E-state index contributed by atoms with van der Waals surface area (Å²) in [4.78, 5) is 25.6. The Morgan fingerprint density at radius 2 is 1.84 bits per heavy atom. The molecule has 25 heavy (non-hydrogen) atoms. The zero-order valence-corrected chi connectivity index (χ0v) is 13.9.